The number of carbonyl (C=O) groups is 2. The number of anilines is 2. The molecule has 4 aromatic rings. The quantitative estimate of drug-likeness (QED) is 0.297. The smallest absolute Gasteiger partial charge is 0.265 e. The number of amides is 2. The number of hydrogen-bond acceptors (Lipinski definition) is 4. The minimum Gasteiger partial charge on any atom is -0.489 e. The molecule has 0 bridgehead atoms. The van der Waals surface area contributed by atoms with Crippen LogP contribution in [0, 0.1) is 5.82 Å². The summed E-state index contributed by atoms with van der Waals surface area (Å²) in [7, 11) is 0. The Balaban J connectivity index is 1.22. The number of nitrogens with one attached hydrogen (secondary N) is 1. The van der Waals surface area contributed by atoms with E-state index in [2.05, 4.69) is 5.32 Å². The molecular weight excluding hydrogens is 483 g/mol. The highest BCUT2D eigenvalue weighted by Crippen LogP contribution is 2.35. The Morgan fingerprint density at radius 3 is 2.53 bits per heavy atom. The van der Waals surface area contributed by atoms with Crippen LogP contribution in [0.5, 0.6) is 11.5 Å². The van der Waals surface area contributed by atoms with Crippen LogP contribution in [0.1, 0.15) is 16.7 Å². The average molecular weight is 509 g/mol. The Morgan fingerprint density at radius 2 is 1.74 bits per heavy atom. The number of ether oxygens (including phenoxy) is 2. The zero-order valence-corrected chi connectivity index (χ0v) is 20.5. The molecule has 1 heterocycles. The van der Waals surface area contributed by atoms with E-state index >= 15 is 0 Å². The van der Waals surface area contributed by atoms with Gasteiger partial charge in [0.15, 0.2) is 6.61 Å². The highest BCUT2D eigenvalue weighted by atomic mass is 19.1. The normalized spacial score (nSPS) is 12.7. The summed E-state index contributed by atoms with van der Waals surface area (Å²) >= 11 is 0. The van der Waals surface area contributed by atoms with Crippen LogP contribution in [0.25, 0.3) is 6.08 Å². The third kappa shape index (κ3) is 6.07. The molecule has 0 unspecified atom stereocenters. The first-order valence-electron chi connectivity index (χ1n) is 12.1. The van der Waals surface area contributed by atoms with Crippen molar-refractivity contribution in [2.75, 3.05) is 16.8 Å². The zero-order chi connectivity index (χ0) is 26.3. The average Bonchev–Trinajstić information content (AvgIpc) is 2.94. The first kappa shape index (κ1) is 24.8. The van der Waals surface area contributed by atoms with Crippen LogP contribution < -0.4 is 19.7 Å². The van der Waals surface area contributed by atoms with E-state index in [0.29, 0.717) is 29.3 Å². The molecule has 0 saturated carbocycles. The van der Waals surface area contributed by atoms with Crippen molar-refractivity contribution in [1.29, 1.82) is 0 Å². The van der Waals surface area contributed by atoms with E-state index in [0.717, 1.165) is 16.9 Å². The van der Waals surface area contributed by atoms with Gasteiger partial charge in [0.2, 0.25) is 5.91 Å². The van der Waals surface area contributed by atoms with Crippen molar-refractivity contribution < 1.29 is 23.5 Å². The molecule has 0 radical (unpaired) electrons. The molecule has 0 aromatic heterocycles. The van der Waals surface area contributed by atoms with E-state index in [1.807, 2.05) is 54.6 Å². The predicted molar refractivity (Wildman–Crippen MR) is 144 cm³/mol. The molecule has 1 aliphatic heterocycles. The van der Waals surface area contributed by atoms with Crippen LogP contribution in [0.3, 0.4) is 0 Å². The van der Waals surface area contributed by atoms with Crippen LogP contribution in [0.4, 0.5) is 15.8 Å². The van der Waals surface area contributed by atoms with Gasteiger partial charge in [-0.1, -0.05) is 60.7 Å². The number of carbonyl (C=O) groups excluding carboxylic acids is 2. The number of benzene rings is 4. The lowest BCUT2D eigenvalue weighted by molar-refractivity contribution is -0.121. The summed E-state index contributed by atoms with van der Waals surface area (Å²) < 4.78 is 25.5. The molecular formula is C31H25FN2O4. The second-order valence-corrected chi connectivity index (χ2v) is 8.71. The molecule has 0 spiro atoms. The molecule has 6 nitrogen and oxygen atoms in total. The fraction of sp³-hybridized carbons (Fsp3) is 0.0968. The SMILES string of the molecule is O=C(/C=C/c1ccc(OCc2ccccc2)cc1)Nc1ccc2c(c1)N(Cc1ccccc1F)C(=O)CO2. The third-order valence-corrected chi connectivity index (χ3v) is 6.01. The Kier molecular flexibility index (Phi) is 7.45. The summed E-state index contributed by atoms with van der Waals surface area (Å²) in [4.78, 5) is 26.6. The van der Waals surface area contributed by atoms with Gasteiger partial charge in [0.1, 0.15) is 23.9 Å². The molecule has 190 valence electrons. The van der Waals surface area contributed by atoms with Gasteiger partial charge in [-0.25, -0.2) is 4.39 Å². The zero-order valence-electron chi connectivity index (χ0n) is 20.5. The number of fused-ring (bicyclic) bond motifs is 1. The summed E-state index contributed by atoms with van der Waals surface area (Å²) in [5.74, 6) is 0.211. The molecule has 1 aliphatic rings. The predicted octanol–water partition coefficient (Wildman–Crippen LogP) is 5.98. The molecule has 2 amide bonds. The van der Waals surface area contributed by atoms with Crippen LogP contribution in [-0.4, -0.2) is 18.4 Å². The van der Waals surface area contributed by atoms with Gasteiger partial charge in [-0.2, -0.15) is 0 Å². The van der Waals surface area contributed by atoms with Crippen molar-refractivity contribution in [3.63, 3.8) is 0 Å². The summed E-state index contributed by atoms with van der Waals surface area (Å²) in [6.07, 6.45) is 3.13. The van der Waals surface area contributed by atoms with Crippen LogP contribution in [0.2, 0.25) is 0 Å². The molecule has 4 aromatic carbocycles. The Hall–Kier alpha value is -4.91. The van der Waals surface area contributed by atoms with E-state index < -0.39 is 5.82 Å². The number of halogens is 1. The highest BCUT2D eigenvalue weighted by molar-refractivity contribution is 6.03. The van der Waals surface area contributed by atoms with Crippen molar-refractivity contribution >= 4 is 29.3 Å². The van der Waals surface area contributed by atoms with Crippen molar-refractivity contribution in [1.82, 2.24) is 0 Å². The fourth-order valence-electron chi connectivity index (χ4n) is 4.02. The molecule has 0 aliphatic carbocycles. The van der Waals surface area contributed by atoms with Crippen LogP contribution in [-0.2, 0) is 22.7 Å². The molecule has 7 heteroatoms. The highest BCUT2D eigenvalue weighted by Gasteiger charge is 2.26. The molecule has 0 saturated heterocycles. The van der Waals surface area contributed by atoms with Crippen molar-refractivity contribution in [2.24, 2.45) is 0 Å². The summed E-state index contributed by atoms with van der Waals surface area (Å²) in [6, 6.07) is 28.7. The summed E-state index contributed by atoms with van der Waals surface area (Å²) in [5, 5.41) is 2.80. The standard InChI is InChI=1S/C31H25FN2O4/c32-27-9-5-4-8-24(27)19-34-28-18-25(13-16-29(28)38-21-31(34)36)33-30(35)17-12-22-10-14-26(15-11-22)37-20-23-6-2-1-3-7-23/h1-18H,19-21H2,(H,33,35)/b17-12+. The Morgan fingerprint density at radius 1 is 0.974 bits per heavy atom. The molecule has 5 rings (SSSR count). The van der Waals surface area contributed by atoms with E-state index in [1.54, 1.807) is 42.5 Å². The summed E-state index contributed by atoms with van der Waals surface area (Å²) in [5.41, 5.74) is 3.27. The summed E-state index contributed by atoms with van der Waals surface area (Å²) in [6.45, 7) is 0.407. The lowest BCUT2D eigenvalue weighted by atomic mass is 10.1. The van der Waals surface area contributed by atoms with Crippen molar-refractivity contribution in [3.05, 3.63) is 126 Å². The first-order chi connectivity index (χ1) is 18.5. The third-order valence-electron chi connectivity index (χ3n) is 6.01. The molecule has 0 fully saturated rings. The van der Waals surface area contributed by atoms with Gasteiger partial charge in [0.05, 0.1) is 12.2 Å². The lowest BCUT2D eigenvalue weighted by Gasteiger charge is -2.30. The number of hydrogen-bond donors (Lipinski definition) is 1. The largest absolute Gasteiger partial charge is 0.489 e. The second-order valence-electron chi connectivity index (χ2n) is 8.71. The molecule has 0 atom stereocenters. The van der Waals surface area contributed by atoms with Gasteiger partial charge in [0, 0.05) is 17.3 Å². The van der Waals surface area contributed by atoms with Gasteiger partial charge in [-0.05, 0) is 53.6 Å². The molecule has 38 heavy (non-hydrogen) atoms. The Bertz CT molecular complexity index is 1470. The number of rotatable bonds is 8. The minimum atomic E-state index is -0.390. The van der Waals surface area contributed by atoms with E-state index in [4.69, 9.17) is 9.47 Å². The van der Waals surface area contributed by atoms with E-state index in [1.165, 1.54) is 17.0 Å². The number of nitrogens with zero attached hydrogens (tertiary/aromatic N) is 1. The minimum absolute atomic E-state index is 0.0597. The van der Waals surface area contributed by atoms with Gasteiger partial charge >= 0.3 is 0 Å². The van der Waals surface area contributed by atoms with E-state index in [-0.39, 0.29) is 25.0 Å². The van der Waals surface area contributed by atoms with Gasteiger partial charge in [-0.3, -0.25) is 9.59 Å². The second kappa shape index (κ2) is 11.4. The van der Waals surface area contributed by atoms with Gasteiger partial charge in [-0.15, -0.1) is 0 Å². The Labute approximate surface area is 219 Å². The topological polar surface area (TPSA) is 67.9 Å². The maximum absolute atomic E-state index is 14.2. The first-order valence-corrected chi connectivity index (χ1v) is 12.1. The van der Waals surface area contributed by atoms with Crippen LogP contribution >= 0.6 is 0 Å². The van der Waals surface area contributed by atoms with E-state index in [9.17, 15) is 14.0 Å². The van der Waals surface area contributed by atoms with Crippen molar-refractivity contribution in [2.45, 2.75) is 13.2 Å². The molecule has 1 N–H and O–H groups in total. The van der Waals surface area contributed by atoms with Gasteiger partial charge < -0.3 is 19.7 Å². The fourth-order valence-corrected chi connectivity index (χ4v) is 4.02. The maximum Gasteiger partial charge on any atom is 0.265 e. The van der Waals surface area contributed by atoms with Crippen molar-refractivity contribution in [3.8, 4) is 11.5 Å². The van der Waals surface area contributed by atoms with Crippen LogP contribution in [0.15, 0.2) is 103 Å². The monoisotopic (exact) mass is 508 g/mol. The van der Waals surface area contributed by atoms with Gasteiger partial charge in [0.25, 0.3) is 5.91 Å². The lowest BCUT2D eigenvalue weighted by Crippen LogP contribution is -2.38. The maximum atomic E-state index is 14.2.